The molecule has 0 aromatic heterocycles. The summed E-state index contributed by atoms with van der Waals surface area (Å²) in [5.74, 6) is 0.583. The summed E-state index contributed by atoms with van der Waals surface area (Å²) in [4.78, 5) is 11.8. The number of halogens is 1. The molecule has 0 heterocycles. The van der Waals surface area contributed by atoms with Gasteiger partial charge in [0.1, 0.15) is 11.6 Å². The summed E-state index contributed by atoms with van der Waals surface area (Å²) in [6.45, 7) is 6.54. The van der Waals surface area contributed by atoms with Gasteiger partial charge < -0.3 is 10.1 Å². The second-order valence-corrected chi connectivity index (χ2v) is 5.87. The molecule has 3 nitrogen and oxygen atoms in total. The third-order valence-electron chi connectivity index (χ3n) is 3.61. The predicted octanol–water partition coefficient (Wildman–Crippen LogP) is 3.95. The molecule has 1 N–H and O–H groups in total. The fourth-order valence-corrected chi connectivity index (χ4v) is 2.43. The molecule has 0 bridgehead atoms. The predicted molar refractivity (Wildman–Crippen MR) is 89.0 cm³/mol. The highest BCUT2D eigenvalue weighted by molar-refractivity contribution is 5.77. The van der Waals surface area contributed by atoms with E-state index in [1.54, 1.807) is 12.1 Å². The summed E-state index contributed by atoms with van der Waals surface area (Å²) in [6, 6.07) is 12.0. The summed E-state index contributed by atoms with van der Waals surface area (Å²) < 4.78 is 18.6. The number of hydrogen-bond acceptors (Lipinski definition) is 2. The zero-order valence-electron chi connectivity index (χ0n) is 13.7. The number of nitrogens with one attached hydrogen (secondary N) is 1. The Morgan fingerprint density at radius 2 is 2.00 bits per heavy atom. The van der Waals surface area contributed by atoms with Gasteiger partial charge in [0, 0.05) is 6.54 Å². The number of hydrogen-bond donors (Lipinski definition) is 1. The van der Waals surface area contributed by atoms with Crippen molar-refractivity contribution in [2.75, 3.05) is 6.61 Å². The molecule has 0 atom stereocenters. The SMILES string of the molecule is Cc1cc(OCC(=O)NCc2cccc(F)c2)ccc1C(C)C. The van der Waals surface area contributed by atoms with Crippen LogP contribution >= 0.6 is 0 Å². The molecule has 2 rings (SSSR count). The van der Waals surface area contributed by atoms with E-state index in [4.69, 9.17) is 4.74 Å². The van der Waals surface area contributed by atoms with Crippen LogP contribution < -0.4 is 10.1 Å². The molecular weight excluding hydrogens is 293 g/mol. The first-order chi connectivity index (χ1) is 11.0. The Bertz CT molecular complexity index is 683. The van der Waals surface area contributed by atoms with Crippen molar-refractivity contribution in [1.82, 2.24) is 5.32 Å². The van der Waals surface area contributed by atoms with Crippen molar-refractivity contribution in [2.45, 2.75) is 33.2 Å². The average Bonchev–Trinajstić information content (AvgIpc) is 2.50. The van der Waals surface area contributed by atoms with E-state index in [1.165, 1.54) is 17.7 Å². The maximum Gasteiger partial charge on any atom is 0.258 e. The zero-order chi connectivity index (χ0) is 16.8. The number of aryl methyl sites for hydroxylation is 1. The van der Waals surface area contributed by atoms with Gasteiger partial charge in [-0.3, -0.25) is 4.79 Å². The highest BCUT2D eigenvalue weighted by Gasteiger charge is 2.07. The molecule has 2 aromatic carbocycles. The van der Waals surface area contributed by atoms with Crippen molar-refractivity contribution in [3.8, 4) is 5.75 Å². The summed E-state index contributed by atoms with van der Waals surface area (Å²) >= 11 is 0. The van der Waals surface area contributed by atoms with E-state index in [-0.39, 0.29) is 24.9 Å². The fourth-order valence-electron chi connectivity index (χ4n) is 2.43. The molecule has 0 saturated carbocycles. The Labute approximate surface area is 136 Å². The van der Waals surface area contributed by atoms with Crippen LogP contribution in [-0.4, -0.2) is 12.5 Å². The van der Waals surface area contributed by atoms with Crippen molar-refractivity contribution in [3.05, 3.63) is 65.0 Å². The van der Waals surface area contributed by atoms with Crippen LogP contribution in [0, 0.1) is 12.7 Å². The highest BCUT2D eigenvalue weighted by atomic mass is 19.1. The minimum Gasteiger partial charge on any atom is -0.484 e. The first-order valence-electron chi connectivity index (χ1n) is 7.70. The fraction of sp³-hybridized carbons (Fsp3) is 0.316. The maximum absolute atomic E-state index is 13.1. The van der Waals surface area contributed by atoms with Crippen molar-refractivity contribution in [2.24, 2.45) is 0 Å². The number of amides is 1. The van der Waals surface area contributed by atoms with Crippen LogP contribution in [-0.2, 0) is 11.3 Å². The molecular formula is C19H22FNO2. The summed E-state index contributed by atoms with van der Waals surface area (Å²) in [6.07, 6.45) is 0. The van der Waals surface area contributed by atoms with E-state index in [1.807, 2.05) is 25.1 Å². The molecule has 0 radical (unpaired) electrons. The Morgan fingerprint density at radius 3 is 2.65 bits per heavy atom. The first-order valence-corrected chi connectivity index (χ1v) is 7.70. The van der Waals surface area contributed by atoms with Crippen LogP contribution in [0.5, 0.6) is 5.75 Å². The summed E-state index contributed by atoms with van der Waals surface area (Å²) in [7, 11) is 0. The Hall–Kier alpha value is -2.36. The van der Waals surface area contributed by atoms with Crippen molar-refractivity contribution >= 4 is 5.91 Å². The van der Waals surface area contributed by atoms with Gasteiger partial charge >= 0.3 is 0 Å². The molecule has 4 heteroatoms. The van der Waals surface area contributed by atoms with E-state index in [0.29, 0.717) is 11.7 Å². The standard InChI is InChI=1S/C19H22FNO2/c1-13(2)18-8-7-17(9-14(18)3)23-12-19(22)21-11-15-5-4-6-16(20)10-15/h4-10,13H,11-12H2,1-3H3,(H,21,22). The molecule has 0 aliphatic rings. The lowest BCUT2D eigenvalue weighted by molar-refractivity contribution is -0.123. The minimum absolute atomic E-state index is 0.0597. The smallest absolute Gasteiger partial charge is 0.258 e. The molecule has 0 fully saturated rings. The van der Waals surface area contributed by atoms with E-state index < -0.39 is 0 Å². The molecule has 23 heavy (non-hydrogen) atoms. The van der Waals surface area contributed by atoms with Crippen LogP contribution in [0.3, 0.4) is 0 Å². The normalized spacial score (nSPS) is 10.7. The number of carbonyl (C=O) groups is 1. The van der Waals surface area contributed by atoms with Gasteiger partial charge in [-0.2, -0.15) is 0 Å². The van der Waals surface area contributed by atoms with Crippen LogP contribution in [0.2, 0.25) is 0 Å². The van der Waals surface area contributed by atoms with Crippen molar-refractivity contribution in [1.29, 1.82) is 0 Å². The molecule has 1 amide bonds. The second-order valence-electron chi connectivity index (χ2n) is 5.87. The number of ether oxygens (including phenoxy) is 1. The van der Waals surface area contributed by atoms with Gasteiger partial charge in [0.05, 0.1) is 0 Å². The zero-order valence-corrected chi connectivity index (χ0v) is 13.7. The first kappa shape index (κ1) is 17.0. The third-order valence-corrected chi connectivity index (χ3v) is 3.61. The van der Waals surface area contributed by atoms with Crippen LogP contribution in [0.1, 0.15) is 36.5 Å². The van der Waals surface area contributed by atoms with Gasteiger partial charge in [-0.1, -0.05) is 32.0 Å². The number of benzene rings is 2. The molecule has 0 saturated heterocycles. The second kappa shape index (κ2) is 7.77. The summed E-state index contributed by atoms with van der Waals surface area (Å²) in [5.41, 5.74) is 3.14. The molecule has 0 aliphatic carbocycles. The van der Waals surface area contributed by atoms with Gasteiger partial charge in [0.15, 0.2) is 6.61 Å². The van der Waals surface area contributed by atoms with Gasteiger partial charge in [-0.15, -0.1) is 0 Å². The van der Waals surface area contributed by atoms with E-state index in [2.05, 4.69) is 19.2 Å². The Kier molecular flexibility index (Phi) is 5.74. The topological polar surface area (TPSA) is 38.3 Å². The van der Waals surface area contributed by atoms with Gasteiger partial charge in [0.25, 0.3) is 5.91 Å². The van der Waals surface area contributed by atoms with Crippen LogP contribution in [0.15, 0.2) is 42.5 Å². The number of rotatable bonds is 6. The average molecular weight is 315 g/mol. The lowest BCUT2D eigenvalue weighted by Gasteiger charge is -2.12. The van der Waals surface area contributed by atoms with E-state index in [9.17, 15) is 9.18 Å². The monoisotopic (exact) mass is 315 g/mol. The van der Waals surface area contributed by atoms with Crippen molar-refractivity contribution < 1.29 is 13.9 Å². The molecule has 0 unspecified atom stereocenters. The molecule has 0 aliphatic heterocycles. The Morgan fingerprint density at radius 1 is 1.22 bits per heavy atom. The number of carbonyl (C=O) groups excluding carboxylic acids is 1. The largest absolute Gasteiger partial charge is 0.484 e. The highest BCUT2D eigenvalue weighted by Crippen LogP contribution is 2.23. The maximum atomic E-state index is 13.1. The molecule has 0 spiro atoms. The lowest BCUT2D eigenvalue weighted by Crippen LogP contribution is -2.28. The lowest BCUT2D eigenvalue weighted by atomic mass is 9.98. The molecule has 2 aromatic rings. The van der Waals surface area contributed by atoms with Gasteiger partial charge in [-0.25, -0.2) is 4.39 Å². The molecule has 122 valence electrons. The van der Waals surface area contributed by atoms with Crippen LogP contribution in [0.4, 0.5) is 4.39 Å². The van der Waals surface area contributed by atoms with Gasteiger partial charge in [-0.05, 0) is 53.8 Å². The Balaban J connectivity index is 1.83. The van der Waals surface area contributed by atoms with Crippen molar-refractivity contribution in [3.63, 3.8) is 0 Å². The van der Waals surface area contributed by atoms with Gasteiger partial charge in [0.2, 0.25) is 0 Å². The quantitative estimate of drug-likeness (QED) is 0.876. The van der Waals surface area contributed by atoms with Crippen LogP contribution in [0.25, 0.3) is 0 Å². The van der Waals surface area contributed by atoms with E-state index >= 15 is 0 Å². The minimum atomic E-state index is -0.311. The third kappa shape index (κ3) is 5.09. The van der Waals surface area contributed by atoms with E-state index in [0.717, 1.165) is 11.1 Å². The summed E-state index contributed by atoms with van der Waals surface area (Å²) in [5, 5.41) is 2.71.